The molecule has 1 aliphatic heterocycles. The smallest absolute Gasteiger partial charge is 0.230 e. The lowest BCUT2D eigenvalue weighted by Gasteiger charge is -2.35. The molecule has 0 saturated carbocycles. The van der Waals surface area contributed by atoms with Crippen LogP contribution in [-0.2, 0) is 4.79 Å². The lowest BCUT2D eigenvalue weighted by Crippen LogP contribution is -2.44. The predicted molar refractivity (Wildman–Crippen MR) is 89.2 cm³/mol. The monoisotopic (exact) mass is 309 g/mol. The maximum atomic E-state index is 12.7. The summed E-state index contributed by atoms with van der Waals surface area (Å²) in [7, 11) is 3.89. The van der Waals surface area contributed by atoms with Crippen LogP contribution in [0.3, 0.4) is 0 Å². The van der Waals surface area contributed by atoms with E-state index < -0.39 is 0 Å². The first kappa shape index (κ1) is 16.1. The standard InChI is InChI=1S/C16H24ClN3O/c1-4-16(7-9-18-10-8-16)15(21)19-12-5-6-14(20(2)3)13(17)11-12/h5-6,11,18H,4,7-10H2,1-3H3,(H,19,21). The molecule has 0 spiro atoms. The van der Waals surface area contributed by atoms with Crippen LogP contribution in [0.5, 0.6) is 0 Å². The number of carbonyl (C=O) groups excluding carboxylic acids is 1. The first-order chi connectivity index (χ1) is 9.98. The fourth-order valence-electron chi connectivity index (χ4n) is 2.86. The summed E-state index contributed by atoms with van der Waals surface area (Å²) in [6.07, 6.45) is 2.64. The number of nitrogens with one attached hydrogen (secondary N) is 2. The van der Waals surface area contributed by atoms with Crippen molar-refractivity contribution in [3.63, 3.8) is 0 Å². The van der Waals surface area contributed by atoms with Gasteiger partial charge in [-0.3, -0.25) is 4.79 Å². The molecule has 5 heteroatoms. The zero-order valence-electron chi connectivity index (χ0n) is 13.0. The molecule has 1 amide bonds. The second kappa shape index (κ2) is 6.67. The van der Waals surface area contributed by atoms with E-state index in [2.05, 4.69) is 17.6 Å². The zero-order valence-corrected chi connectivity index (χ0v) is 13.8. The van der Waals surface area contributed by atoms with Gasteiger partial charge in [-0.1, -0.05) is 18.5 Å². The number of rotatable bonds is 4. The third-order valence-electron chi connectivity index (χ3n) is 4.41. The first-order valence-electron chi connectivity index (χ1n) is 7.47. The SMILES string of the molecule is CCC1(C(=O)Nc2ccc(N(C)C)c(Cl)c2)CCNCC1. The number of hydrogen-bond donors (Lipinski definition) is 2. The molecule has 1 fully saturated rings. The molecule has 0 atom stereocenters. The Morgan fingerprint density at radius 1 is 1.38 bits per heavy atom. The largest absolute Gasteiger partial charge is 0.376 e. The van der Waals surface area contributed by atoms with Gasteiger partial charge < -0.3 is 15.5 Å². The normalized spacial score (nSPS) is 17.3. The molecule has 0 unspecified atom stereocenters. The minimum Gasteiger partial charge on any atom is -0.376 e. The Balaban J connectivity index is 2.13. The first-order valence-corrected chi connectivity index (χ1v) is 7.85. The molecule has 1 aromatic rings. The van der Waals surface area contributed by atoms with Crippen molar-refractivity contribution in [1.29, 1.82) is 0 Å². The highest BCUT2D eigenvalue weighted by atomic mass is 35.5. The van der Waals surface area contributed by atoms with E-state index in [0.717, 1.165) is 43.7 Å². The summed E-state index contributed by atoms with van der Waals surface area (Å²) in [5, 5.41) is 7.00. The Bertz CT molecular complexity index is 510. The lowest BCUT2D eigenvalue weighted by molar-refractivity contribution is -0.127. The van der Waals surface area contributed by atoms with Gasteiger partial charge in [-0.05, 0) is 50.6 Å². The van der Waals surface area contributed by atoms with Crippen LogP contribution in [0.15, 0.2) is 18.2 Å². The summed E-state index contributed by atoms with van der Waals surface area (Å²) < 4.78 is 0. The Morgan fingerprint density at radius 3 is 2.57 bits per heavy atom. The highest BCUT2D eigenvalue weighted by Gasteiger charge is 2.37. The van der Waals surface area contributed by atoms with E-state index in [4.69, 9.17) is 11.6 Å². The molecule has 0 aliphatic carbocycles. The molecule has 1 saturated heterocycles. The van der Waals surface area contributed by atoms with Crippen molar-refractivity contribution in [2.45, 2.75) is 26.2 Å². The van der Waals surface area contributed by atoms with Gasteiger partial charge in [0.25, 0.3) is 0 Å². The highest BCUT2D eigenvalue weighted by molar-refractivity contribution is 6.33. The van der Waals surface area contributed by atoms with Crippen molar-refractivity contribution in [3.05, 3.63) is 23.2 Å². The van der Waals surface area contributed by atoms with Crippen molar-refractivity contribution in [3.8, 4) is 0 Å². The van der Waals surface area contributed by atoms with Gasteiger partial charge in [0.05, 0.1) is 16.1 Å². The number of amides is 1. The number of halogens is 1. The second-order valence-corrected chi connectivity index (χ2v) is 6.31. The summed E-state index contributed by atoms with van der Waals surface area (Å²) in [5.41, 5.74) is 1.46. The molecule has 4 nitrogen and oxygen atoms in total. The molecule has 2 N–H and O–H groups in total. The molecule has 0 bridgehead atoms. The van der Waals surface area contributed by atoms with E-state index in [1.807, 2.05) is 37.2 Å². The van der Waals surface area contributed by atoms with E-state index in [0.29, 0.717) is 5.02 Å². The van der Waals surface area contributed by atoms with Crippen molar-refractivity contribution in [2.75, 3.05) is 37.4 Å². The molecule has 1 aliphatic rings. The van der Waals surface area contributed by atoms with Gasteiger partial charge in [-0.2, -0.15) is 0 Å². The summed E-state index contributed by atoms with van der Waals surface area (Å²) in [6.45, 7) is 3.90. The van der Waals surface area contributed by atoms with Crippen molar-refractivity contribution in [1.82, 2.24) is 5.32 Å². The Hall–Kier alpha value is -1.26. The third-order valence-corrected chi connectivity index (χ3v) is 4.71. The van der Waals surface area contributed by atoms with Crippen LogP contribution in [-0.4, -0.2) is 33.1 Å². The average molecular weight is 310 g/mol. The zero-order chi connectivity index (χ0) is 15.5. The van der Waals surface area contributed by atoms with Crippen LogP contribution < -0.4 is 15.5 Å². The molecular formula is C16H24ClN3O. The molecule has 21 heavy (non-hydrogen) atoms. The van der Waals surface area contributed by atoms with E-state index in [1.165, 1.54) is 0 Å². The molecule has 1 aromatic carbocycles. The van der Waals surface area contributed by atoms with Gasteiger partial charge in [0, 0.05) is 19.8 Å². The van der Waals surface area contributed by atoms with Gasteiger partial charge in [0.2, 0.25) is 5.91 Å². The van der Waals surface area contributed by atoms with Gasteiger partial charge in [-0.25, -0.2) is 0 Å². The average Bonchev–Trinajstić information content (AvgIpc) is 2.47. The molecular weight excluding hydrogens is 286 g/mol. The molecule has 116 valence electrons. The van der Waals surface area contributed by atoms with Gasteiger partial charge in [0.1, 0.15) is 0 Å². The van der Waals surface area contributed by atoms with Crippen LogP contribution in [0, 0.1) is 5.41 Å². The topological polar surface area (TPSA) is 44.4 Å². The number of piperidine rings is 1. The fourth-order valence-corrected chi connectivity index (χ4v) is 3.21. The van der Waals surface area contributed by atoms with E-state index >= 15 is 0 Å². The molecule has 0 radical (unpaired) electrons. The van der Waals surface area contributed by atoms with Crippen LogP contribution in [0.1, 0.15) is 26.2 Å². The minimum atomic E-state index is -0.252. The predicted octanol–water partition coefficient (Wildman–Crippen LogP) is 3.12. The van der Waals surface area contributed by atoms with Crippen molar-refractivity contribution < 1.29 is 4.79 Å². The Labute approximate surface area is 131 Å². The van der Waals surface area contributed by atoms with Crippen molar-refractivity contribution >= 4 is 28.9 Å². The Morgan fingerprint density at radius 2 is 2.05 bits per heavy atom. The summed E-state index contributed by atoms with van der Waals surface area (Å²) in [5.74, 6) is 0.111. The van der Waals surface area contributed by atoms with Crippen LogP contribution in [0.25, 0.3) is 0 Å². The summed E-state index contributed by atoms with van der Waals surface area (Å²) >= 11 is 6.26. The number of hydrogen-bond acceptors (Lipinski definition) is 3. The lowest BCUT2D eigenvalue weighted by atomic mass is 9.76. The van der Waals surface area contributed by atoms with Gasteiger partial charge in [0.15, 0.2) is 0 Å². The molecule has 1 heterocycles. The number of nitrogens with zero attached hydrogens (tertiary/aromatic N) is 1. The van der Waals surface area contributed by atoms with Crippen LogP contribution >= 0.6 is 11.6 Å². The van der Waals surface area contributed by atoms with Gasteiger partial charge >= 0.3 is 0 Å². The minimum absolute atomic E-state index is 0.111. The number of carbonyl (C=O) groups is 1. The third kappa shape index (κ3) is 3.50. The van der Waals surface area contributed by atoms with Crippen LogP contribution in [0.2, 0.25) is 5.02 Å². The maximum Gasteiger partial charge on any atom is 0.230 e. The number of benzene rings is 1. The van der Waals surface area contributed by atoms with E-state index in [9.17, 15) is 4.79 Å². The fraction of sp³-hybridized carbons (Fsp3) is 0.562. The molecule has 0 aromatic heterocycles. The highest BCUT2D eigenvalue weighted by Crippen LogP contribution is 2.35. The second-order valence-electron chi connectivity index (χ2n) is 5.90. The number of anilines is 2. The van der Waals surface area contributed by atoms with Crippen molar-refractivity contribution in [2.24, 2.45) is 5.41 Å². The molecule has 2 rings (SSSR count). The van der Waals surface area contributed by atoms with E-state index in [-0.39, 0.29) is 11.3 Å². The van der Waals surface area contributed by atoms with E-state index in [1.54, 1.807) is 0 Å². The maximum absolute atomic E-state index is 12.7. The van der Waals surface area contributed by atoms with Gasteiger partial charge in [-0.15, -0.1) is 0 Å². The van der Waals surface area contributed by atoms with Crippen LogP contribution in [0.4, 0.5) is 11.4 Å². The Kier molecular flexibility index (Phi) is 5.12. The summed E-state index contributed by atoms with van der Waals surface area (Å²) in [4.78, 5) is 14.6. The quantitative estimate of drug-likeness (QED) is 0.898. The summed E-state index contributed by atoms with van der Waals surface area (Å²) in [6, 6.07) is 5.65.